The van der Waals surface area contributed by atoms with Gasteiger partial charge in [-0.1, -0.05) is 37.4 Å². The normalized spacial score (nSPS) is 18.9. The van der Waals surface area contributed by atoms with Crippen LogP contribution in [0.1, 0.15) is 57.2 Å². The minimum absolute atomic E-state index is 0.0684. The largest absolute Gasteiger partial charge is 0.497 e. The number of carbonyl (C=O) groups is 1. The number of hydrogen-bond acceptors (Lipinski definition) is 6. The maximum absolute atomic E-state index is 12.8. The van der Waals surface area contributed by atoms with E-state index in [1.807, 2.05) is 35.8 Å². The predicted molar refractivity (Wildman–Crippen MR) is 128 cm³/mol. The zero-order chi connectivity index (χ0) is 22.4. The predicted octanol–water partition coefficient (Wildman–Crippen LogP) is 3.98. The summed E-state index contributed by atoms with van der Waals surface area (Å²) in [4.78, 5) is 15.5. The standard InChI is InChI=1S/C24H35N5O2S/c1-19-26-27-23(29(19)20-9-11-21(31-2)12-10-20)32-17-22(30)25-18-24(13-5-3-6-14-24)28-15-7-4-8-16-28/h9-12H,3-8,13-18H2,1-2H3,(H,25,30). The molecule has 1 aliphatic heterocycles. The molecule has 174 valence electrons. The highest BCUT2D eigenvalue weighted by molar-refractivity contribution is 7.99. The van der Waals surface area contributed by atoms with Gasteiger partial charge in [-0.2, -0.15) is 0 Å². The molecule has 32 heavy (non-hydrogen) atoms. The molecule has 0 spiro atoms. The van der Waals surface area contributed by atoms with Crippen molar-refractivity contribution in [3.8, 4) is 11.4 Å². The van der Waals surface area contributed by atoms with Gasteiger partial charge >= 0.3 is 0 Å². The van der Waals surface area contributed by atoms with Gasteiger partial charge in [-0.15, -0.1) is 10.2 Å². The number of likely N-dealkylation sites (tertiary alicyclic amines) is 1. The number of hydrogen-bond donors (Lipinski definition) is 1. The summed E-state index contributed by atoms with van der Waals surface area (Å²) in [6, 6.07) is 7.79. The number of aryl methyl sites for hydroxylation is 1. The van der Waals surface area contributed by atoms with E-state index in [1.54, 1.807) is 7.11 Å². The number of rotatable bonds is 8. The van der Waals surface area contributed by atoms with E-state index in [1.165, 1.54) is 76.2 Å². The molecule has 1 aliphatic carbocycles. The second-order valence-corrected chi connectivity index (χ2v) is 9.90. The fourth-order valence-corrected chi connectivity index (χ4v) is 5.92. The van der Waals surface area contributed by atoms with Crippen molar-refractivity contribution in [1.29, 1.82) is 0 Å². The van der Waals surface area contributed by atoms with Crippen LogP contribution in [0.3, 0.4) is 0 Å². The van der Waals surface area contributed by atoms with E-state index in [0.29, 0.717) is 5.75 Å². The van der Waals surface area contributed by atoms with E-state index in [9.17, 15) is 4.79 Å². The molecule has 1 amide bonds. The number of nitrogens with zero attached hydrogens (tertiary/aromatic N) is 4. The maximum Gasteiger partial charge on any atom is 0.230 e. The molecular weight excluding hydrogens is 422 g/mol. The molecule has 0 bridgehead atoms. The molecule has 0 radical (unpaired) electrons. The molecule has 8 heteroatoms. The van der Waals surface area contributed by atoms with Crippen LogP contribution in [0, 0.1) is 6.92 Å². The Labute approximate surface area is 195 Å². The van der Waals surface area contributed by atoms with Gasteiger partial charge in [0, 0.05) is 17.8 Å². The lowest BCUT2D eigenvalue weighted by molar-refractivity contribution is -0.119. The number of piperidine rings is 1. The Hall–Kier alpha value is -2.06. The quantitative estimate of drug-likeness (QED) is 0.605. The molecule has 2 aromatic rings. The summed E-state index contributed by atoms with van der Waals surface area (Å²) in [6.45, 7) is 5.03. The van der Waals surface area contributed by atoms with E-state index < -0.39 is 0 Å². The molecule has 1 saturated heterocycles. The third kappa shape index (κ3) is 5.29. The smallest absolute Gasteiger partial charge is 0.230 e. The topological polar surface area (TPSA) is 72.3 Å². The van der Waals surface area contributed by atoms with Gasteiger partial charge in [0.25, 0.3) is 0 Å². The Bertz CT molecular complexity index is 886. The number of carbonyl (C=O) groups excluding carboxylic acids is 1. The van der Waals surface area contributed by atoms with Gasteiger partial charge < -0.3 is 10.1 Å². The zero-order valence-corrected chi connectivity index (χ0v) is 20.1. The Morgan fingerprint density at radius 1 is 1.06 bits per heavy atom. The molecule has 2 fully saturated rings. The molecule has 7 nitrogen and oxygen atoms in total. The molecule has 4 rings (SSSR count). The first-order valence-electron chi connectivity index (χ1n) is 11.8. The summed E-state index contributed by atoms with van der Waals surface area (Å²) >= 11 is 1.43. The summed E-state index contributed by atoms with van der Waals surface area (Å²) in [5, 5.41) is 12.5. The lowest BCUT2D eigenvalue weighted by Crippen LogP contribution is -2.58. The number of methoxy groups -OCH3 is 1. The summed E-state index contributed by atoms with van der Waals surface area (Å²) in [5.74, 6) is 2.01. The van der Waals surface area contributed by atoms with Crippen LogP contribution in [0.4, 0.5) is 0 Å². The first-order chi connectivity index (χ1) is 15.6. The van der Waals surface area contributed by atoms with Crippen molar-refractivity contribution >= 4 is 17.7 Å². The van der Waals surface area contributed by atoms with Crippen molar-refractivity contribution in [1.82, 2.24) is 25.0 Å². The first-order valence-corrected chi connectivity index (χ1v) is 12.8. The molecular formula is C24H35N5O2S. The summed E-state index contributed by atoms with van der Waals surface area (Å²) in [7, 11) is 1.65. The first kappa shape index (κ1) is 23.1. The molecule has 1 saturated carbocycles. The van der Waals surface area contributed by atoms with E-state index in [-0.39, 0.29) is 11.4 Å². The van der Waals surface area contributed by atoms with E-state index in [4.69, 9.17) is 4.74 Å². The highest BCUT2D eigenvalue weighted by Gasteiger charge is 2.38. The van der Waals surface area contributed by atoms with Crippen molar-refractivity contribution in [2.75, 3.05) is 32.5 Å². The summed E-state index contributed by atoms with van der Waals surface area (Å²) < 4.78 is 7.23. The lowest BCUT2D eigenvalue weighted by atomic mass is 9.79. The minimum atomic E-state index is 0.0684. The zero-order valence-electron chi connectivity index (χ0n) is 19.3. The third-order valence-electron chi connectivity index (χ3n) is 6.88. The van der Waals surface area contributed by atoms with Crippen LogP contribution >= 0.6 is 11.8 Å². The molecule has 1 aromatic carbocycles. The van der Waals surface area contributed by atoms with E-state index in [2.05, 4.69) is 20.4 Å². The highest BCUT2D eigenvalue weighted by atomic mass is 32.2. The van der Waals surface area contributed by atoms with Crippen LogP contribution in [-0.2, 0) is 4.79 Å². The Kier molecular flexibility index (Phi) is 7.73. The molecule has 1 N–H and O–H groups in total. The number of nitrogens with one attached hydrogen (secondary N) is 1. The average Bonchev–Trinajstić information content (AvgIpc) is 3.22. The second-order valence-electron chi connectivity index (χ2n) is 8.96. The molecule has 0 atom stereocenters. The monoisotopic (exact) mass is 457 g/mol. The maximum atomic E-state index is 12.8. The van der Waals surface area contributed by atoms with Crippen molar-refractivity contribution < 1.29 is 9.53 Å². The van der Waals surface area contributed by atoms with Gasteiger partial charge in [-0.3, -0.25) is 14.3 Å². The molecule has 1 aromatic heterocycles. The lowest BCUT2D eigenvalue weighted by Gasteiger charge is -2.48. The van der Waals surface area contributed by atoms with E-state index >= 15 is 0 Å². The Balaban J connectivity index is 1.36. The second kappa shape index (κ2) is 10.7. The van der Waals surface area contributed by atoms with Crippen LogP contribution in [0.15, 0.2) is 29.4 Å². The molecule has 2 heterocycles. The number of aromatic nitrogens is 3. The molecule has 2 aliphatic rings. The summed E-state index contributed by atoms with van der Waals surface area (Å²) in [5.41, 5.74) is 1.11. The van der Waals surface area contributed by atoms with Crippen molar-refractivity contribution in [3.63, 3.8) is 0 Å². The Morgan fingerprint density at radius 2 is 1.75 bits per heavy atom. The third-order valence-corrected chi connectivity index (χ3v) is 7.81. The fourth-order valence-electron chi connectivity index (χ4n) is 5.09. The number of benzene rings is 1. The fraction of sp³-hybridized carbons (Fsp3) is 0.625. The number of thioether (sulfide) groups is 1. The van der Waals surface area contributed by atoms with Gasteiger partial charge in [0.15, 0.2) is 5.16 Å². The SMILES string of the molecule is COc1ccc(-n2c(C)nnc2SCC(=O)NCC2(N3CCCCC3)CCCCC2)cc1. The molecule has 0 unspecified atom stereocenters. The van der Waals surface area contributed by atoms with Crippen LogP contribution in [0.2, 0.25) is 0 Å². The van der Waals surface area contributed by atoms with Crippen LogP contribution in [-0.4, -0.2) is 63.6 Å². The van der Waals surface area contributed by atoms with Crippen molar-refractivity contribution in [2.45, 2.75) is 69.0 Å². The van der Waals surface area contributed by atoms with Gasteiger partial charge in [0.1, 0.15) is 11.6 Å². The Morgan fingerprint density at radius 3 is 2.44 bits per heavy atom. The summed E-state index contributed by atoms with van der Waals surface area (Å²) in [6.07, 6.45) is 10.2. The highest BCUT2D eigenvalue weighted by Crippen LogP contribution is 2.35. The van der Waals surface area contributed by atoms with Crippen LogP contribution in [0.5, 0.6) is 5.75 Å². The van der Waals surface area contributed by atoms with Gasteiger partial charge in [0.05, 0.1) is 12.9 Å². The van der Waals surface area contributed by atoms with Crippen molar-refractivity contribution in [2.24, 2.45) is 0 Å². The van der Waals surface area contributed by atoms with Crippen molar-refractivity contribution in [3.05, 3.63) is 30.1 Å². The van der Waals surface area contributed by atoms with Crippen LogP contribution in [0.25, 0.3) is 5.69 Å². The van der Waals surface area contributed by atoms with Gasteiger partial charge in [-0.05, 0) is 70.0 Å². The number of ether oxygens (including phenoxy) is 1. The van der Waals surface area contributed by atoms with E-state index in [0.717, 1.165) is 29.0 Å². The van der Waals surface area contributed by atoms with Gasteiger partial charge in [-0.25, -0.2) is 0 Å². The minimum Gasteiger partial charge on any atom is -0.497 e. The van der Waals surface area contributed by atoms with Crippen LogP contribution < -0.4 is 10.1 Å². The number of amides is 1. The average molecular weight is 458 g/mol. The van der Waals surface area contributed by atoms with Gasteiger partial charge in [0.2, 0.25) is 5.91 Å².